The molecule has 0 atom stereocenters. The van der Waals surface area contributed by atoms with Crippen molar-refractivity contribution in [3.8, 4) is 0 Å². The summed E-state index contributed by atoms with van der Waals surface area (Å²) in [6.45, 7) is 0. The van der Waals surface area contributed by atoms with Gasteiger partial charge in [-0.05, 0) is 0 Å². The summed E-state index contributed by atoms with van der Waals surface area (Å²) < 4.78 is 15.0. The molecule has 0 radical (unpaired) electrons. The normalized spacial score (nSPS) is 7.20. The zero-order valence-corrected chi connectivity index (χ0v) is 13.2. The molecule has 0 aromatic carbocycles. The summed E-state index contributed by atoms with van der Waals surface area (Å²) in [7, 11) is 0. The molecule has 0 aliphatic rings. The van der Waals surface area contributed by atoms with Crippen LogP contribution in [-0.4, -0.2) is 84.8 Å². The maximum atomic E-state index is 5.01. The van der Waals surface area contributed by atoms with Crippen LogP contribution in [0.3, 0.4) is 0 Å². The van der Waals surface area contributed by atoms with E-state index >= 15 is 0 Å². The van der Waals surface area contributed by atoms with Crippen LogP contribution >= 0.6 is 0 Å². The van der Waals surface area contributed by atoms with Crippen molar-refractivity contribution in [1.29, 1.82) is 0 Å². The molecule has 0 rings (SSSR count). The van der Waals surface area contributed by atoms with Crippen molar-refractivity contribution >= 4 is 84.8 Å². The average molecular weight is 439 g/mol. The van der Waals surface area contributed by atoms with E-state index < -0.39 is 22.7 Å². The topological polar surface area (TPSA) is 27.7 Å². The molecule has 0 amide bonds. The molecule has 10 heavy (non-hydrogen) atoms. The fraction of sp³-hybridized carbons (Fsp3) is 0. The van der Waals surface area contributed by atoms with Crippen LogP contribution in [0.5, 0.6) is 0 Å². The molecule has 0 bridgehead atoms. The van der Waals surface area contributed by atoms with Crippen molar-refractivity contribution in [3.05, 3.63) is 0 Å². The quantitative estimate of drug-likeness (QED) is 0.441. The minimum atomic E-state index is -2.64. The zero-order chi connectivity index (χ0) is 7.82. The Morgan fingerprint density at radius 2 is 1.10 bits per heavy atom. The van der Waals surface area contributed by atoms with Gasteiger partial charge in [0.25, 0.3) is 0 Å². The second-order valence-corrected chi connectivity index (χ2v) is 6.18. The third-order valence-electron chi connectivity index (χ3n) is 0.500. The van der Waals surface area contributed by atoms with Crippen LogP contribution in [0.4, 0.5) is 0 Å². The maximum absolute atomic E-state index is 5.01. The summed E-state index contributed by atoms with van der Waals surface area (Å²) in [6, 6.07) is 0. The zero-order valence-electron chi connectivity index (χ0n) is 4.76. The molecular weight excluding hydrogens is 436 g/mol. The molecule has 0 N–H and O–H groups in total. The van der Waals surface area contributed by atoms with E-state index in [0.29, 0.717) is 0 Å². The molecule has 0 fully saturated rings. The molecule has 7 heteroatoms. The standard InChI is InChI=1S/3CH2OSe.In/c3*2-1-3;/h3*1H,(H,2,3);/q;;;+3/p-3. The Hall–Kier alpha value is 1.44. The van der Waals surface area contributed by atoms with Crippen LogP contribution in [0.15, 0.2) is 0 Å². The SMILES string of the molecule is [Se]=C[O][In]([O]C=[Se])[O]C=[Se]. The fourth-order valence-corrected chi connectivity index (χ4v) is 5.39. The second kappa shape index (κ2) is 8.53. The molecule has 0 aromatic heterocycles. The fourth-order valence-electron chi connectivity index (χ4n) is 0.232. The van der Waals surface area contributed by atoms with E-state index in [0.717, 1.165) is 0 Å². The van der Waals surface area contributed by atoms with Crippen molar-refractivity contribution in [3.63, 3.8) is 0 Å². The summed E-state index contributed by atoms with van der Waals surface area (Å²) in [5.74, 6) is 0. The van der Waals surface area contributed by atoms with E-state index in [2.05, 4.69) is 46.7 Å². The third kappa shape index (κ3) is 6.17. The van der Waals surface area contributed by atoms with Gasteiger partial charge in [-0.15, -0.1) is 0 Å². The molecule has 0 saturated heterocycles. The van der Waals surface area contributed by atoms with Crippen LogP contribution in [-0.2, 0) is 8.56 Å². The first-order valence-corrected chi connectivity index (χ1v) is 9.12. The van der Waals surface area contributed by atoms with Gasteiger partial charge in [0.1, 0.15) is 0 Å². The van der Waals surface area contributed by atoms with Crippen LogP contribution < -0.4 is 0 Å². The Morgan fingerprint density at radius 1 is 0.800 bits per heavy atom. The molecule has 0 unspecified atom stereocenters. The van der Waals surface area contributed by atoms with Crippen molar-refractivity contribution in [2.45, 2.75) is 0 Å². The van der Waals surface area contributed by atoms with E-state index in [1.165, 1.54) is 15.3 Å². The molecular formula is C3H3InO3Se3. The van der Waals surface area contributed by atoms with Crippen LogP contribution in [0.2, 0.25) is 0 Å². The minimum absolute atomic E-state index is 1.45. The van der Waals surface area contributed by atoms with Gasteiger partial charge in [0, 0.05) is 0 Å². The van der Waals surface area contributed by atoms with E-state index in [-0.39, 0.29) is 0 Å². The Balaban J connectivity index is 3.58. The van der Waals surface area contributed by atoms with Gasteiger partial charge in [-0.1, -0.05) is 0 Å². The van der Waals surface area contributed by atoms with E-state index in [9.17, 15) is 0 Å². The molecule has 0 heterocycles. The number of hydrogen-bond donors (Lipinski definition) is 0. The molecule has 0 aliphatic heterocycles. The van der Waals surface area contributed by atoms with Crippen molar-refractivity contribution in [2.75, 3.05) is 0 Å². The van der Waals surface area contributed by atoms with Gasteiger partial charge in [-0.3, -0.25) is 0 Å². The van der Waals surface area contributed by atoms with Crippen LogP contribution in [0, 0.1) is 0 Å². The Morgan fingerprint density at radius 3 is 1.30 bits per heavy atom. The average Bonchev–Trinajstić information content (AvgIpc) is 1.90. The summed E-state index contributed by atoms with van der Waals surface area (Å²) in [5.41, 5.74) is 0. The molecule has 3 nitrogen and oxygen atoms in total. The van der Waals surface area contributed by atoms with E-state index in [1.54, 1.807) is 0 Å². The van der Waals surface area contributed by atoms with Gasteiger partial charge in [0.2, 0.25) is 0 Å². The predicted octanol–water partition coefficient (Wildman–Crippen LogP) is -2.19. The Labute approximate surface area is 92.2 Å². The van der Waals surface area contributed by atoms with Gasteiger partial charge >= 0.3 is 93.4 Å². The molecule has 54 valence electrons. The molecule has 0 saturated carbocycles. The molecule has 0 aromatic rings. The van der Waals surface area contributed by atoms with Crippen molar-refractivity contribution in [2.24, 2.45) is 0 Å². The summed E-state index contributed by atoms with van der Waals surface area (Å²) in [5, 5.41) is 4.36. The summed E-state index contributed by atoms with van der Waals surface area (Å²) in [4.78, 5) is 0. The molecule has 0 spiro atoms. The van der Waals surface area contributed by atoms with Gasteiger partial charge in [0.15, 0.2) is 0 Å². The van der Waals surface area contributed by atoms with Gasteiger partial charge in [0.05, 0.1) is 0 Å². The summed E-state index contributed by atoms with van der Waals surface area (Å²) >= 11 is 5.12. The monoisotopic (exact) mass is 442 g/mol. The number of hydrogen-bond acceptors (Lipinski definition) is 3. The van der Waals surface area contributed by atoms with Crippen LogP contribution in [0.25, 0.3) is 0 Å². The second-order valence-electron chi connectivity index (χ2n) is 0.986. The Bertz CT molecular complexity index is 106. The molecule has 0 aliphatic carbocycles. The first-order valence-electron chi connectivity index (χ1n) is 2.12. The summed E-state index contributed by atoms with van der Waals surface area (Å²) in [6.07, 6.45) is 0. The van der Waals surface area contributed by atoms with E-state index in [4.69, 9.17) is 8.56 Å². The van der Waals surface area contributed by atoms with Crippen molar-refractivity contribution < 1.29 is 8.56 Å². The number of rotatable bonds is 6. The third-order valence-corrected chi connectivity index (χ3v) is 8.05. The first-order chi connectivity index (χ1) is 4.85. The van der Waals surface area contributed by atoms with Gasteiger partial charge < -0.3 is 0 Å². The predicted molar refractivity (Wildman–Crippen MR) is 44.5 cm³/mol. The van der Waals surface area contributed by atoms with Crippen LogP contribution in [0.1, 0.15) is 0 Å². The Kier molecular flexibility index (Phi) is 9.76. The first kappa shape index (κ1) is 11.4. The van der Waals surface area contributed by atoms with Gasteiger partial charge in [-0.2, -0.15) is 0 Å². The van der Waals surface area contributed by atoms with E-state index in [1.807, 2.05) is 0 Å². The van der Waals surface area contributed by atoms with Gasteiger partial charge in [-0.25, -0.2) is 0 Å². The van der Waals surface area contributed by atoms with Crippen molar-refractivity contribution in [1.82, 2.24) is 0 Å².